The van der Waals surface area contributed by atoms with Gasteiger partial charge in [0.05, 0.1) is 6.04 Å². The minimum Gasteiger partial charge on any atom is -0.298 e. The molecule has 0 N–H and O–H groups in total. The SMILES string of the molecule is CC(=O)[C@@H]1C[C@@H]2CCCC[C@@H]2N1C(C)(C)C. The Hall–Kier alpha value is -0.370. The maximum Gasteiger partial charge on any atom is 0.146 e. The summed E-state index contributed by atoms with van der Waals surface area (Å²) < 4.78 is 0. The van der Waals surface area contributed by atoms with Gasteiger partial charge in [0.2, 0.25) is 0 Å². The van der Waals surface area contributed by atoms with Gasteiger partial charge in [0.1, 0.15) is 5.78 Å². The number of carbonyl (C=O) groups excluding carboxylic acids is 1. The normalized spacial score (nSPS) is 36.1. The summed E-state index contributed by atoms with van der Waals surface area (Å²) >= 11 is 0. The van der Waals surface area contributed by atoms with Gasteiger partial charge in [0, 0.05) is 11.6 Å². The lowest BCUT2D eigenvalue weighted by Crippen LogP contribution is -2.52. The van der Waals surface area contributed by atoms with Crippen LogP contribution >= 0.6 is 0 Å². The van der Waals surface area contributed by atoms with Crippen LogP contribution < -0.4 is 0 Å². The molecule has 0 bridgehead atoms. The first-order valence-corrected chi connectivity index (χ1v) is 6.70. The summed E-state index contributed by atoms with van der Waals surface area (Å²) in [5.41, 5.74) is 0.132. The van der Waals surface area contributed by atoms with Crippen LogP contribution in [0.15, 0.2) is 0 Å². The van der Waals surface area contributed by atoms with E-state index in [1.54, 1.807) is 6.92 Å². The second-order valence-corrected chi connectivity index (χ2v) is 6.55. The van der Waals surface area contributed by atoms with Gasteiger partial charge in [-0.1, -0.05) is 12.8 Å². The molecule has 2 rings (SSSR count). The van der Waals surface area contributed by atoms with Crippen LogP contribution in [0.5, 0.6) is 0 Å². The molecule has 1 aliphatic heterocycles. The molecule has 0 amide bonds. The molecule has 0 aromatic heterocycles. The molecular weight excluding hydrogens is 198 g/mol. The van der Waals surface area contributed by atoms with E-state index >= 15 is 0 Å². The summed E-state index contributed by atoms with van der Waals surface area (Å²) in [5.74, 6) is 1.14. The van der Waals surface area contributed by atoms with Gasteiger partial charge in [0.25, 0.3) is 0 Å². The molecule has 2 heteroatoms. The van der Waals surface area contributed by atoms with Crippen molar-refractivity contribution in [3.63, 3.8) is 0 Å². The Morgan fingerprint density at radius 3 is 2.38 bits per heavy atom. The molecule has 0 spiro atoms. The van der Waals surface area contributed by atoms with E-state index < -0.39 is 0 Å². The molecule has 16 heavy (non-hydrogen) atoms. The van der Waals surface area contributed by atoms with E-state index in [1.807, 2.05) is 0 Å². The van der Waals surface area contributed by atoms with E-state index in [0.717, 1.165) is 12.3 Å². The molecule has 0 radical (unpaired) electrons. The second-order valence-electron chi connectivity index (χ2n) is 6.55. The topological polar surface area (TPSA) is 20.3 Å². The average molecular weight is 223 g/mol. The van der Waals surface area contributed by atoms with Crippen molar-refractivity contribution in [2.45, 2.75) is 77.4 Å². The van der Waals surface area contributed by atoms with Crippen LogP contribution in [0, 0.1) is 5.92 Å². The molecule has 2 fully saturated rings. The van der Waals surface area contributed by atoms with Crippen LogP contribution in [0.25, 0.3) is 0 Å². The summed E-state index contributed by atoms with van der Waals surface area (Å²) in [7, 11) is 0. The van der Waals surface area contributed by atoms with Gasteiger partial charge < -0.3 is 0 Å². The Balaban J connectivity index is 2.24. The van der Waals surface area contributed by atoms with Gasteiger partial charge in [-0.2, -0.15) is 0 Å². The maximum atomic E-state index is 11.8. The fourth-order valence-electron chi connectivity index (χ4n) is 3.79. The molecule has 1 saturated carbocycles. The summed E-state index contributed by atoms with van der Waals surface area (Å²) in [5, 5.41) is 0. The van der Waals surface area contributed by atoms with E-state index in [0.29, 0.717) is 11.8 Å². The Morgan fingerprint density at radius 1 is 1.19 bits per heavy atom. The first-order chi connectivity index (χ1) is 7.41. The lowest BCUT2D eigenvalue weighted by molar-refractivity contribution is -0.123. The molecule has 0 aromatic carbocycles. The van der Waals surface area contributed by atoms with Crippen molar-refractivity contribution < 1.29 is 4.79 Å². The van der Waals surface area contributed by atoms with Crippen molar-refractivity contribution in [2.24, 2.45) is 5.92 Å². The van der Waals surface area contributed by atoms with Crippen molar-refractivity contribution >= 4 is 5.78 Å². The van der Waals surface area contributed by atoms with E-state index in [4.69, 9.17) is 0 Å². The van der Waals surface area contributed by atoms with Gasteiger partial charge in [-0.15, -0.1) is 0 Å². The van der Waals surface area contributed by atoms with E-state index in [-0.39, 0.29) is 11.6 Å². The maximum absolute atomic E-state index is 11.8. The van der Waals surface area contributed by atoms with Crippen molar-refractivity contribution in [3.05, 3.63) is 0 Å². The highest BCUT2D eigenvalue weighted by atomic mass is 16.1. The first kappa shape index (κ1) is 12.1. The van der Waals surface area contributed by atoms with E-state index in [1.165, 1.54) is 25.7 Å². The smallest absolute Gasteiger partial charge is 0.146 e. The van der Waals surface area contributed by atoms with Crippen molar-refractivity contribution in [1.82, 2.24) is 4.90 Å². The number of fused-ring (bicyclic) bond motifs is 1. The second kappa shape index (κ2) is 4.14. The van der Waals surface area contributed by atoms with Crippen molar-refractivity contribution in [1.29, 1.82) is 0 Å². The van der Waals surface area contributed by atoms with Crippen LogP contribution in [0.2, 0.25) is 0 Å². The van der Waals surface area contributed by atoms with Crippen LogP contribution in [-0.4, -0.2) is 28.3 Å². The molecule has 0 unspecified atom stereocenters. The van der Waals surface area contributed by atoms with Gasteiger partial charge >= 0.3 is 0 Å². The van der Waals surface area contributed by atoms with Crippen LogP contribution in [0.4, 0.5) is 0 Å². The summed E-state index contributed by atoms with van der Waals surface area (Å²) in [4.78, 5) is 14.3. The predicted molar refractivity (Wildman–Crippen MR) is 66.4 cm³/mol. The zero-order valence-electron chi connectivity index (χ0n) is 11.1. The summed E-state index contributed by atoms with van der Waals surface area (Å²) in [6.45, 7) is 8.51. The third-order valence-electron chi connectivity index (χ3n) is 4.33. The predicted octanol–water partition coefficient (Wildman–Crippen LogP) is 3.01. The lowest BCUT2D eigenvalue weighted by atomic mass is 9.84. The molecule has 92 valence electrons. The number of likely N-dealkylation sites (tertiary alicyclic amines) is 1. The monoisotopic (exact) mass is 223 g/mol. The summed E-state index contributed by atoms with van der Waals surface area (Å²) in [6.07, 6.45) is 6.45. The highest BCUT2D eigenvalue weighted by molar-refractivity contribution is 5.82. The number of ketones is 1. The average Bonchev–Trinajstić information content (AvgIpc) is 2.55. The number of carbonyl (C=O) groups is 1. The number of nitrogens with zero attached hydrogens (tertiary/aromatic N) is 1. The zero-order chi connectivity index (χ0) is 11.9. The molecule has 3 atom stereocenters. The van der Waals surface area contributed by atoms with Gasteiger partial charge in [-0.3, -0.25) is 9.69 Å². The molecule has 1 aliphatic carbocycles. The van der Waals surface area contributed by atoms with Crippen LogP contribution in [0.1, 0.15) is 59.8 Å². The Morgan fingerprint density at radius 2 is 1.81 bits per heavy atom. The van der Waals surface area contributed by atoms with E-state index in [2.05, 4.69) is 25.7 Å². The third-order valence-corrected chi connectivity index (χ3v) is 4.33. The van der Waals surface area contributed by atoms with Gasteiger partial charge in [-0.05, 0) is 52.9 Å². The molecule has 2 aliphatic rings. The highest BCUT2D eigenvalue weighted by Crippen LogP contribution is 2.43. The minimum absolute atomic E-state index is 0.132. The van der Waals surface area contributed by atoms with Crippen molar-refractivity contribution in [2.75, 3.05) is 0 Å². The molecule has 0 aromatic rings. The fourth-order valence-corrected chi connectivity index (χ4v) is 3.79. The van der Waals surface area contributed by atoms with Crippen molar-refractivity contribution in [3.8, 4) is 0 Å². The number of hydrogen-bond donors (Lipinski definition) is 0. The number of rotatable bonds is 1. The van der Waals surface area contributed by atoms with Crippen LogP contribution in [-0.2, 0) is 4.79 Å². The molecular formula is C14H25NO. The molecule has 1 saturated heterocycles. The van der Waals surface area contributed by atoms with Gasteiger partial charge in [-0.25, -0.2) is 0 Å². The number of Topliss-reactive ketones (excluding diaryl/α,β-unsaturated/α-hetero) is 1. The minimum atomic E-state index is 0.132. The quantitative estimate of drug-likeness (QED) is 0.681. The van der Waals surface area contributed by atoms with Gasteiger partial charge in [0.15, 0.2) is 0 Å². The zero-order valence-corrected chi connectivity index (χ0v) is 11.1. The summed E-state index contributed by atoms with van der Waals surface area (Å²) in [6, 6.07) is 0.857. The Labute approximate surface area is 99.4 Å². The lowest BCUT2D eigenvalue weighted by Gasteiger charge is -2.42. The van der Waals surface area contributed by atoms with E-state index in [9.17, 15) is 4.79 Å². The Kier molecular flexibility index (Phi) is 3.13. The Bertz CT molecular complexity index is 279. The first-order valence-electron chi connectivity index (χ1n) is 6.70. The largest absolute Gasteiger partial charge is 0.298 e. The van der Waals surface area contributed by atoms with Crippen LogP contribution in [0.3, 0.4) is 0 Å². The fraction of sp³-hybridized carbons (Fsp3) is 0.929. The highest BCUT2D eigenvalue weighted by Gasteiger charge is 2.47. The molecule has 2 nitrogen and oxygen atoms in total. The number of hydrogen-bond acceptors (Lipinski definition) is 2. The third kappa shape index (κ3) is 2.04. The molecule has 1 heterocycles. The standard InChI is InChI=1S/C14H25NO/c1-10(16)13-9-11-7-5-6-8-12(11)15(13)14(2,3)4/h11-13H,5-9H2,1-4H3/t11-,12-,13-/m0/s1.